The van der Waals surface area contributed by atoms with Crippen LogP contribution in [0.25, 0.3) is 0 Å². The van der Waals surface area contributed by atoms with Gasteiger partial charge in [-0.15, -0.1) is 0 Å². The SMILES string of the molecule is CNc1nc(NCC(C)(C)OC)ncc1Br. The van der Waals surface area contributed by atoms with E-state index in [-0.39, 0.29) is 5.60 Å². The second kappa shape index (κ2) is 5.45. The van der Waals surface area contributed by atoms with Crippen molar-refractivity contribution >= 4 is 27.7 Å². The summed E-state index contributed by atoms with van der Waals surface area (Å²) < 4.78 is 6.14. The van der Waals surface area contributed by atoms with Crippen LogP contribution in [0.3, 0.4) is 0 Å². The van der Waals surface area contributed by atoms with E-state index in [2.05, 4.69) is 36.5 Å². The number of hydrogen-bond donors (Lipinski definition) is 2. The smallest absolute Gasteiger partial charge is 0.224 e. The van der Waals surface area contributed by atoms with Crippen molar-refractivity contribution in [3.8, 4) is 0 Å². The first-order valence-corrected chi connectivity index (χ1v) is 5.77. The van der Waals surface area contributed by atoms with E-state index in [1.807, 2.05) is 20.9 Å². The van der Waals surface area contributed by atoms with Crippen molar-refractivity contribution in [1.29, 1.82) is 0 Å². The number of halogens is 1. The Labute approximate surface area is 104 Å². The summed E-state index contributed by atoms with van der Waals surface area (Å²) in [4.78, 5) is 8.45. The number of rotatable bonds is 5. The van der Waals surface area contributed by atoms with Crippen LogP contribution < -0.4 is 10.6 Å². The van der Waals surface area contributed by atoms with E-state index >= 15 is 0 Å². The molecule has 0 amide bonds. The van der Waals surface area contributed by atoms with Gasteiger partial charge in [0, 0.05) is 26.9 Å². The second-order valence-electron chi connectivity index (χ2n) is 3.96. The molecule has 2 N–H and O–H groups in total. The fourth-order valence-corrected chi connectivity index (χ4v) is 1.38. The molecule has 0 unspecified atom stereocenters. The predicted octanol–water partition coefficient (Wildman–Crippen LogP) is 2.12. The van der Waals surface area contributed by atoms with Crippen molar-refractivity contribution in [3.63, 3.8) is 0 Å². The van der Waals surface area contributed by atoms with Gasteiger partial charge in [-0.05, 0) is 29.8 Å². The molecule has 0 bridgehead atoms. The molecule has 0 spiro atoms. The molecule has 6 heteroatoms. The molecule has 1 aromatic heterocycles. The van der Waals surface area contributed by atoms with E-state index in [0.29, 0.717) is 12.5 Å². The standard InChI is InChI=1S/C10H17BrN4O/c1-10(2,16-4)6-14-9-13-5-7(11)8(12-3)15-9/h5H,6H2,1-4H3,(H2,12,13,14,15). The van der Waals surface area contributed by atoms with E-state index in [4.69, 9.17) is 4.74 Å². The van der Waals surface area contributed by atoms with Crippen LogP contribution in [0.4, 0.5) is 11.8 Å². The van der Waals surface area contributed by atoms with Gasteiger partial charge in [-0.2, -0.15) is 4.98 Å². The van der Waals surface area contributed by atoms with Crippen molar-refractivity contribution in [2.45, 2.75) is 19.4 Å². The third-order valence-corrected chi connectivity index (χ3v) is 2.79. The van der Waals surface area contributed by atoms with Crippen LogP contribution in [0.2, 0.25) is 0 Å². The van der Waals surface area contributed by atoms with E-state index in [9.17, 15) is 0 Å². The number of nitrogens with zero attached hydrogens (tertiary/aromatic N) is 2. The molecule has 0 aliphatic rings. The molecule has 1 aromatic rings. The third kappa shape index (κ3) is 3.61. The molecule has 0 aromatic carbocycles. The molecular weight excluding hydrogens is 272 g/mol. The minimum absolute atomic E-state index is 0.240. The summed E-state index contributed by atoms with van der Waals surface area (Å²) in [6, 6.07) is 0. The van der Waals surface area contributed by atoms with Gasteiger partial charge in [0.2, 0.25) is 5.95 Å². The van der Waals surface area contributed by atoms with E-state index < -0.39 is 0 Å². The zero-order valence-electron chi connectivity index (χ0n) is 9.97. The Kier molecular flexibility index (Phi) is 4.49. The number of aromatic nitrogens is 2. The first kappa shape index (κ1) is 13.2. The number of nitrogens with one attached hydrogen (secondary N) is 2. The summed E-state index contributed by atoms with van der Waals surface area (Å²) in [6.45, 7) is 4.64. The third-order valence-electron chi connectivity index (χ3n) is 2.21. The highest BCUT2D eigenvalue weighted by Crippen LogP contribution is 2.19. The summed E-state index contributed by atoms with van der Waals surface area (Å²) in [5.41, 5.74) is -0.240. The number of methoxy groups -OCH3 is 1. The van der Waals surface area contributed by atoms with Crippen LogP contribution in [0, 0.1) is 0 Å². The molecular formula is C10H17BrN4O. The Morgan fingerprint density at radius 2 is 2.19 bits per heavy atom. The van der Waals surface area contributed by atoms with E-state index in [1.54, 1.807) is 13.3 Å². The Bertz CT molecular complexity index is 357. The minimum Gasteiger partial charge on any atom is -0.377 e. The molecule has 5 nitrogen and oxygen atoms in total. The highest BCUT2D eigenvalue weighted by atomic mass is 79.9. The lowest BCUT2D eigenvalue weighted by Crippen LogP contribution is -2.32. The van der Waals surface area contributed by atoms with Gasteiger partial charge in [-0.1, -0.05) is 0 Å². The average molecular weight is 289 g/mol. The zero-order chi connectivity index (χ0) is 12.2. The highest BCUT2D eigenvalue weighted by molar-refractivity contribution is 9.10. The van der Waals surface area contributed by atoms with Crippen LogP contribution in [0.15, 0.2) is 10.7 Å². The molecule has 0 radical (unpaired) electrons. The Morgan fingerprint density at radius 3 is 2.75 bits per heavy atom. The van der Waals surface area contributed by atoms with E-state index in [0.717, 1.165) is 10.3 Å². The summed E-state index contributed by atoms with van der Waals surface area (Å²) in [5.74, 6) is 1.34. The van der Waals surface area contributed by atoms with Crippen LogP contribution in [-0.4, -0.2) is 36.3 Å². The van der Waals surface area contributed by atoms with Crippen molar-refractivity contribution in [3.05, 3.63) is 10.7 Å². The van der Waals surface area contributed by atoms with Crippen molar-refractivity contribution in [1.82, 2.24) is 9.97 Å². The topological polar surface area (TPSA) is 59.1 Å². The number of anilines is 2. The lowest BCUT2D eigenvalue weighted by molar-refractivity contribution is 0.0342. The first-order valence-electron chi connectivity index (χ1n) is 4.98. The van der Waals surface area contributed by atoms with Gasteiger partial charge in [-0.3, -0.25) is 0 Å². The first-order chi connectivity index (χ1) is 7.48. The van der Waals surface area contributed by atoms with Gasteiger partial charge in [0.15, 0.2) is 0 Å². The zero-order valence-corrected chi connectivity index (χ0v) is 11.6. The van der Waals surface area contributed by atoms with Crippen LogP contribution in [0.1, 0.15) is 13.8 Å². The van der Waals surface area contributed by atoms with Gasteiger partial charge < -0.3 is 15.4 Å². The molecule has 16 heavy (non-hydrogen) atoms. The average Bonchev–Trinajstić information content (AvgIpc) is 2.28. The normalized spacial score (nSPS) is 11.3. The lowest BCUT2D eigenvalue weighted by atomic mass is 10.1. The van der Waals surface area contributed by atoms with Gasteiger partial charge in [0.1, 0.15) is 5.82 Å². The van der Waals surface area contributed by atoms with Gasteiger partial charge >= 0.3 is 0 Å². The second-order valence-corrected chi connectivity index (χ2v) is 4.81. The molecule has 0 saturated heterocycles. The van der Waals surface area contributed by atoms with Gasteiger partial charge in [0.25, 0.3) is 0 Å². The van der Waals surface area contributed by atoms with Gasteiger partial charge in [0.05, 0.1) is 10.1 Å². The molecule has 0 fully saturated rings. The molecule has 1 heterocycles. The summed E-state index contributed by atoms with van der Waals surface area (Å²) in [7, 11) is 3.50. The number of hydrogen-bond acceptors (Lipinski definition) is 5. The summed E-state index contributed by atoms with van der Waals surface area (Å²) in [6.07, 6.45) is 1.71. The quantitative estimate of drug-likeness (QED) is 0.869. The Hall–Kier alpha value is -0.880. The molecule has 0 saturated carbocycles. The van der Waals surface area contributed by atoms with Gasteiger partial charge in [-0.25, -0.2) is 4.98 Å². The maximum Gasteiger partial charge on any atom is 0.224 e. The van der Waals surface area contributed by atoms with Crippen molar-refractivity contribution < 1.29 is 4.74 Å². The lowest BCUT2D eigenvalue weighted by Gasteiger charge is -2.23. The van der Waals surface area contributed by atoms with Crippen molar-refractivity contribution in [2.24, 2.45) is 0 Å². The molecule has 1 rings (SSSR count). The molecule has 0 atom stereocenters. The Morgan fingerprint density at radius 1 is 1.50 bits per heavy atom. The predicted molar refractivity (Wildman–Crippen MR) is 68.9 cm³/mol. The van der Waals surface area contributed by atoms with Crippen LogP contribution >= 0.6 is 15.9 Å². The summed E-state index contributed by atoms with van der Waals surface area (Å²) in [5, 5.41) is 6.11. The number of ether oxygens (including phenoxy) is 1. The maximum absolute atomic E-state index is 5.30. The monoisotopic (exact) mass is 288 g/mol. The fourth-order valence-electron chi connectivity index (χ4n) is 0.992. The molecule has 0 aliphatic heterocycles. The fraction of sp³-hybridized carbons (Fsp3) is 0.600. The molecule has 90 valence electrons. The van der Waals surface area contributed by atoms with Crippen LogP contribution in [-0.2, 0) is 4.74 Å². The minimum atomic E-state index is -0.240. The highest BCUT2D eigenvalue weighted by Gasteiger charge is 2.16. The maximum atomic E-state index is 5.30. The molecule has 0 aliphatic carbocycles. The van der Waals surface area contributed by atoms with Crippen LogP contribution in [0.5, 0.6) is 0 Å². The van der Waals surface area contributed by atoms with Crippen molar-refractivity contribution in [2.75, 3.05) is 31.3 Å². The summed E-state index contributed by atoms with van der Waals surface area (Å²) >= 11 is 3.35. The largest absolute Gasteiger partial charge is 0.377 e. The Balaban J connectivity index is 2.68. The van der Waals surface area contributed by atoms with E-state index in [1.165, 1.54) is 0 Å².